The quantitative estimate of drug-likeness (QED) is 0.890. The molecule has 0 aliphatic carbocycles. The fourth-order valence-corrected chi connectivity index (χ4v) is 2.97. The minimum Gasteiger partial charge on any atom is -0.369 e. The van der Waals surface area contributed by atoms with E-state index in [0.717, 1.165) is 28.5 Å². The highest BCUT2D eigenvalue weighted by atomic mass is 32.1. The van der Waals surface area contributed by atoms with E-state index in [-0.39, 0.29) is 11.6 Å². The molecule has 1 unspecified atom stereocenters. The Morgan fingerprint density at radius 2 is 1.90 bits per heavy atom. The van der Waals surface area contributed by atoms with Gasteiger partial charge in [0, 0.05) is 25.6 Å². The lowest BCUT2D eigenvalue weighted by atomic mass is 10.1. The van der Waals surface area contributed by atoms with Crippen LogP contribution < -0.4 is 5.32 Å². The van der Waals surface area contributed by atoms with E-state index in [4.69, 9.17) is 4.74 Å². The molecule has 0 aliphatic heterocycles. The summed E-state index contributed by atoms with van der Waals surface area (Å²) in [7, 11) is 1.71. The Morgan fingerprint density at radius 3 is 2.52 bits per heavy atom. The smallest absolute Gasteiger partial charge is 0.151 e. The van der Waals surface area contributed by atoms with E-state index in [1.165, 1.54) is 0 Å². The molecule has 0 radical (unpaired) electrons. The molecule has 4 nitrogen and oxygen atoms in total. The molecule has 21 heavy (non-hydrogen) atoms. The van der Waals surface area contributed by atoms with Crippen molar-refractivity contribution in [2.75, 3.05) is 13.7 Å². The van der Waals surface area contributed by atoms with E-state index >= 15 is 0 Å². The van der Waals surface area contributed by atoms with Gasteiger partial charge in [-0.05, 0) is 26.3 Å². The summed E-state index contributed by atoms with van der Waals surface area (Å²) in [5.74, 6) is 0. The second kappa shape index (κ2) is 7.11. The molecule has 0 bridgehead atoms. The molecule has 0 saturated heterocycles. The van der Waals surface area contributed by atoms with E-state index in [9.17, 15) is 0 Å². The largest absolute Gasteiger partial charge is 0.369 e. The molecule has 2 aromatic rings. The topological polar surface area (TPSA) is 47.0 Å². The van der Waals surface area contributed by atoms with Crippen molar-refractivity contribution in [1.82, 2.24) is 15.5 Å². The maximum Gasteiger partial charge on any atom is 0.151 e. The molecular formula is C16H23N3OS. The van der Waals surface area contributed by atoms with Crippen LogP contribution >= 0.6 is 11.3 Å². The van der Waals surface area contributed by atoms with Crippen LogP contribution in [0.4, 0.5) is 0 Å². The van der Waals surface area contributed by atoms with Crippen molar-refractivity contribution in [3.05, 3.63) is 45.9 Å². The zero-order valence-corrected chi connectivity index (χ0v) is 13.9. The van der Waals surface area contributed by atoms with Gasteiger partial charge in [-0.2, -0.15) is 0 Å². The van der Waals surface area contributed by atoms with Crippen LogP contribution in [0.2, 0.25) is 0 Å². The van der Waals surface area contributed by atoms with Gasteiger partial charge < -0.3 is 10.1 Å². The predicted molar refractivity (Wildman–Crippen MR) is 86.7 cm³/mol. The zero-order valence-electron chi connectivity index (χ0n) is 13.1. The molecule has 5 heteroatoms. The van der Waals surface area contributed by atoms with Crippen LogP contribution in [0.25, 0.3) is 0 Å². The number of nitrogens with zero attached hydrogens (tertiary/aromatic N) is 2. The van der Waals surface area contributed by atoms with Crippen molar-refractivity contribution < 1.29 is 4.74 Å². The van der Waals surface area contributed by atoms with Gasteiger partial charge in [-0.25, -0.2) is 0 Å². The molecule has 0 fully saturated rings. The Labute approximate surface area is 130 Å². The molecule has 0 saturated carbocycles. The minimum absolute atomic E-state index is 0.131. The lowest BCUT2D eigenvalue weighted by molar-refractivity contribution is 0.135. The van der Waals surface area contributed by atoms with Crippen LogP contribution in [0.15, 0.2) is 30.3 Å². The van der Waals surface area contributed by atoms with Gasteiger partial charge in [-0.1, -0.05) is 41.7 Å². The lowest BCUT2D eigenvalue weighted by Crippen LogP contribution is -2.37. The summed E-state index contributed by atoms with van der Waals surface area (Å²) in [5, 5.41) is 14.0. The third-order valence-corrected chi connectivity index (χ3v) is 4.07. The molecule has 1 atom stereocenters. The molecule has 0 aliphatic rings. The van der Waals surface area contributed by atoms with E-state index in [1.54, 1.807) is 18.4 Å². The summed E-state index contributed by atoms with van der Waals surface area (Å²) in [5.41, 5.74) is 1.24. The van der Waals surface area contributed by atoms with Crippen LogP contribution in [-0.4, -0.2) is 29.4 Å². The van der Waals surface area contributed by atoms with Crippen molar-refractivity contribution in [2.24, 2.45) is 0 Å². The van der Waals surface area contributed by atoms with Crippen molar-refractivity contribution >= 4 is 11.3 Å². The Hall–Kier alpha value is -1.30. The highest BCUT2D eigenvalue weighted by Crippen LogP contribution is 2.27. The molecule has 0 amide bonds. The van der Waals surface area contributed by atoms with E-state index in [2.05, 4.69) is 48.4 Å². The Balaban J connectivity index is 2.01. The number of hydrogen-bond acceptors (Lipinski definition) is 5. The summed E-state index contributed by atoms with van der Waals surface area (Å²) >= 11 is 1.62. The Kier molecular flexibility index (Phi) is 5.45. The number of hydrogen-bond donors (Lipinski definition) is 1. The fraction of sp³-hybridized carbons (Fsp3) is 0.500. The number of methoxy groups -OCH3 is 1. The van der Waals surface area contributed by atoms with Crippen molar-refractivity contribution in [1.29, 1.82) is 0 Å². The van der Waals surface area contributed by atoms with Gasteiger partial charge >= 0.3 is 0 Å². The van der Waals surface area contributed by atoms with Crippen molar-refractivity contribution in [3.8, 4) is 0 Å². The molecule has 2 rings (SSSR count). The average Bonchev–Trinajstić information content (AvgIpc) is 2.88. The molecule has 0 spiro atoms. The van der Waals surface area contributed by atoms with Crippen molar-refractivity contribution in [3.63, 3.8) is 0 Å². The van der Waals surface area contributed by atoms with Gasteiger partial charge in [-0.3, -0.25) is 0 Å². The fourth-order valence-electron chi connectivity index (χ4n) is 2.03. The maximum atomic E-state index is 5.59. The number of benzene rings is 1. The van der Waals surface area contributed by atoms with Crippen LogP contribution in [0.1, 0.15) is 42.5 Å². The first-order chi connectivity index (χ1) is 9.99. The van der Waals surface area contributed by atoms with Crippen molar-refractivity contribution in [2.45, 2.75) is 38.8 Å². The summed E-state index contributed by atoms with van der Waals surface area (Å²) < 4.78 is 5.59. The Bertz CT molecular complexity index is 548. The summed E-state index contributed by atoms with van der Waals surface area (Å²) in [6, 6.07) is 10.1. The maximum absolute atomic E-state index is 5.59. The average molecular weight is 305 g/mol. The van der Waals surface area contributed by atoms with Crippen LogP contribution in [0.5, 0.6) is 0 Å². The van der Waals surface area contributed by atoms with Gasteiger partial charge in [0.05, 0.1) is 0 Å². The SMILES string of the molecule is COC(c1ccccc1)c1nnc(CCNC(C)(C)C)s1. The molecular weight excluding hydrogens is 282 g/mol. The highest BCUT2D eigenvalue weighted by molar-refractivity contribution is 7.11. The van der Waals surface area contributed by atoms with Gasteiger partial charge in [0.2, 0.25) is 0 Å². The van der Waals surface area contributed by atoms with Gasteiger partial charge in [0.1, 0.15) is 11.1 Å². The monoisotopic (exact) mass is 305 g/mol. The summed E-state index contributed by atoms with van der Waals surface area (Å²) in [6.07, 6.45) is 0.758. The minimum atomic E-state index is -0.131. The summed E-state index contributed by atoms with van der Waals surface area (Å²) in [4.78, 5) is 0. The van der Waals surface area contributed by atoms with Crippen LogP contribution in [0, 0.1) is 0 Å². The second-order valence-corrected chi connectivity index (χ2v) is 7.08. The second-order valence-electron chi connectivity index (χ2n) is 5.99. The molecule has 1 heterocycles. The third-order valence-electron chi connectivity index (χ3n) is 3.04. The van der Waals surface area contributed by atoms with Crippen LogP contribution in [-0.2, 0) is 11.2 Å². The van der Waals surface area contributed by atoms with E-state index in [1.807, 2.05) is 18.2 Å². The predicted octanol–water partition coefficient (Wildman–Crippen LogP) is 3.20. The third kappa shape index (κ3) is 4.88. The molecule has 114 valence electrons. The Morgan fingerprint density at radius 1 is 1.19 bits per heavy atom. The molecule has 1 N–H and O–H groups in total. The van der Waals surface area contributed by atoms with E-state index in [0.29, 0.717) is 0 Å². The van der Waals surface area contributed by atoms with Gasteiger partial charge in [0.15, 0.2) is 5.01 Å². The normalized spacial score (nSPS) is 13.3. The number of nitrogens with one attached hydrogen (secondary N) is 1. The number of aromatic nitrogens is 2. The first-order valence-corrected chi connectivity index (χ1v) is 7.96. The first kappa shape index (κ1) is 16.1. The molecule has 1 aromatic heterocycles. The standard InChI is InChI=1S/C16H23N3OS/c1-16(2,3)17-11-10-13-18-19-15(21-13)14(20-4)12-8-6-5-7-9-12/h5-9,14,17H,10-11H2,1-4H3. The van der Waals surface area contributed by atoms with Gasteiger partial charge in [0.25, 0.3) is 0 Å². The van der Waals surface area contributed by atoms with E-state index < -0.39 is 0 Å². The highest BCUT2D eigenvalue weighted by Gasteiger charge is 2.18. The zero-order chi connectivity index (χ0) is 15.3. The number of rotatable bonds is 6. The van der Waals surface area contributed by atoms with Gasteiger partial charge in [-0.15, -0.1) is 10.2 Å². The summed E-state index contributed by atoms with van der Waals surface area (Å²) in [6.45, 7) is 7.39. The lowest BCUT2D eigenvalue weighted by Gasteiger charge is -2.19. The number of ether oxygens (including phenoxy) is 1. The first-order valence-electron chi connectivity index (χ1n) is 7.14. The van der Waals surface area contributed by atoms with Crippen LogP contribution in [0.3, 0.4) is 0 Å². The molecule has 1 aromatic carbocycles.